The molecule has 0 aromatic heterocycles. The molecule has 0 nitrogen and oxygen atoms in total. The van der Waals surface area contributed by atoms with Crippen LogP contribution < -0.4 is 0 Å². The summed E-state index contributed by atoms with van der Waals surface area (Å²) in [5, 5.41) is 0. The monoisotopic (exact) mass is 650 g/mol. The topological polar surface area (TPSA) is 0 Å². The molecule has 0 aromatic carbocycles. The number of hydrogen-bond acceptors (Lipinski definition) is 0. The third kappa shape index (κ3) is 80.5. The molecule has 0 amide bonds. The van der Waals surface area contributed by atoms with E-state index in [0.717, 1.165) is 0 Å². The normalized spacial score (nSPS) is 0. The van der Waals surface area contributed by atoms with Gasteiger partial charge in [-0.3, -0.25) is 0 Å². The predicted octanol–water partition coefficient (Wildman–Crippen LogP) is -1.92. The van der Waals surface area contributed by atoms with Crippen molar-refractivity contribution in [2.24, 2.45) is 0 Å². The van der Waals surface area contributed by atoms with Crippen molar-refractivity contribution in [1.82, 2.24) is 0 Å². The molecule has 0 saturated heterocycles. The molecule has 11 heavy (non-hydrogen) atoms. The Morgan fingerprint density at radius 3 is 0.182 bits per heavy atom. The molecule has 21 radical (unpaired) electrons. The first-order valence-electron chi connectivity index (χ1n) is 0. The fraction of sp³-hybridized carbons (Fsp3) is 0. The van der Waals surface area contributed by atoms with Crippen molar-refractivity contribution in [3.63, 3.8) is 0 Å². The second kappa shape index (κ2) is 91.8. The summed E-state index contributed by atoms with van der Waals surface area (Å²) in [7, 11) is 0. The van der Waals surface area contributed by atoms with Crippen molar-refractivity contribution in [1.29, 1.82) is 0 Å². The quantitative estimate of drug-likeness (QED) is 0.268. The minimum absolute atomic E-state index is 0. The Hall–Kier alpha value is 6.69. The van der Waals surface area contributed by atoms with Crippen LogP contribution >= 0.6 is 0 Å². The summed E-state index contributed by atoms with van der Waals surface area (Å²) in [6.07, 6.45) is 0. The van der Waals surface area contributed by atoms with Crippen LogP contribution in [-0.2, 0) is 111 Å². The number of rotatable bonds is 0. The van der Waals surface area contributed by atoms with E-state index in [-0.39, 0.29) is 210 Å². The fourth-order valence-electron chi connectivity index (χ4n) is 0. The SMILES string of the molecule is [Ga].[Ga].[Ga].[Ga].[Ga].[V].[V].[V].[V].[V].[V]. The Balaban J connectivity index is 0. The van der Waals surface area contributed by atoms with E-state index in [1.165, 1.54) is 0 Å². The summed E-state index contributed by atoms with van der Waals surface area (Å²) in [5.41, 5.74) is 0. The van der Waals surface area contributed by atoms with E-state index in [9.17, 15) is 0 Å². The van der Waals surface area contributed by atoms with Gasteiger partial charge in [0.1, 0.15) is 0 Å². The summed E-state index contributed by atoms with van der Waals surface area (Å²) < 4.78 is 0. The molecule has 0 aliphatic carbocycles. The molecule has 0 aliphatic heterocycles. The van der Waals surface area contributed by atoms with Crippen molar-refractivity contribution in [3.8, 4) is 0 Å². The van der Waals surface area contributed by atoms with E-state index < -0.39 is 0 Å². The minimum Gasteiger partial charge on any atom is 0 e. The van der Waals surface area contributed by atoms with E-state index in [0.29, 0.717) is 0 Å². The van der Waals surface area contributed by atoms with Gasteiger partial charge in [-0.1, -0.05) is 0 Å². The Bertz CT molecular complexity index is 10.9. The molecule has 0 unspecified atom stereocenters. The van der Waals surface area contributed by atoms with Gasteiger partial charge in [0.2, 0.25) is 0 Å². The van der Waals surface area contributed by atoms with Gasteiger partial charge in [-0.15, -0.1) is 0 Å². The molecular formula is Ga5V6. The molecular weight excluding hydrogens is 654 g/mol. The third-order valence-electron chi connectivity index (χ3n) is 0. The summed E-state index contributed by atoms with van der Waals surface area (Å²) in [4.78, 5) is 0. The largest absolute Gasteiger partial charge is 0 e. The average Bonchev–Trinajstić information content (AvgIpc) is 0. The summed E-state index contributed by atoms with van der Waals surface area (Å²) in [5.74, 6) is 0. The molecule has 0 aliphatic rings. The van der Waals surface area contributed by atoms with Crippen LogP contribution in [0.1, 0.15) is 0 Å². The molecule has 0 saturated carbocycles. The van der Waals surface area contributed by atoms with Crippen molar-refractivity contribution in [2.75, 3.05) is 0 Å². The molecule has 0 atom stereocenters. The molecule has 0 N–H and O–H groups in total. The van der Waals surface area contributed by atoms with E-state index in [1.54, 1.807) is 0 Å². The van der Waals surface area contributed by atoms with E-state index in [2.05, 4.69) is 0 Å². The van der Waals surface area contributed by atoms with E-state index >= 15 is 0 Å². The molecule has 0 spiro atoms. The standard InChI is InChI=1S/5Ga.6V. The second-order valence-electron chi connectivity index (χ2n) is 0. The van der Waals surface area contributed by atoms with Crippen molar-refractivity contribution in [2.45, 2.75) is 0 Å². The first kappa shape index (κ1) is 110. The zero-order chi connectivity index (χ0) is 0. The maximum atomic E-state index is 0. The summed E-state index contributed by atoms with van der Waals surface area (Å²) >= 11 is 0. The van der Waals surface area contributed by atoms with Crippen LogP contribution in [0.15, 0.2) is 0 Å². The van der Waals surface area contributed by atoms with Crippen LogP contribution in [0.25, 0.3) is 0 Å². The molecule has 0 fully saturated rings. The van der Waals surface area contributed by atoms with Crippen molar-refractivity contribution < 1.29 is 111 Å². The molecule has 0 heterocycles. The van der Waals surface area contributed by atoms with Gasteiger partial charge in [-0.05, 0) is 0 Å². The first-order chi connectivity index (χ1) is 0. The average molecular weight is 654 g/mol. The predicted molar refractivity (Wildman–Crippen MR) is 28.8 cm³/mol. The van der Waals surface area contributed by atoms with Gasteiger partial charge in [-0.25, -0.2) is 0 Å². The van der Waals surface area contributed by atoms with Crippen LogP contribution in [0.4, 0.5) is 0 Å². The van der Waals surface area contributed by atoms with E-state index in [4.69, 9.17) is 0 Å². The molecule has 0 bridgehead atoms. The minimum atomic E-state index is 0. The zero-order valence-electron chi connectivity index (χ0n) is 5.57. The Kier molecular flexibility index (Phi) is 919. The van der Waals surface area contributed by atoms with Gasteiger partial charge in [0.15, 0.2) is 0 Å². The smallest absolute Gasteiger partial charge is 0 e. The summed E-state index contributed by atoms with van der Waals surface area (Å²) in [6, 6.07) is 0. The second-order valence-corrected chi connectivity index (χ2v) is 0. The van der Waals surface area contributed by atoms with Gasteiger partial charge >= 0.3 is 0 Å². The Morgan fingerprint density at radius 2 is 0.182 bits per heavy atom. The Labute approximate surface area is 205 Å². The third-order valence-corrected chi connectivity index (χ3v) is 0. The van der Waals surface area contributed by atoms with Crippen LogP contribution in [0.5, 0.6) is 0 Å². The van der Waals surface area contributed by atoms with Crippen LogP contribution in [0.2, 0.25) is 0 Å². The van der Waals surface area contributed by atoms with Gasteiger partial charge < -0.3 is 0 Å². The summed E-state index contributed by atoms with van der Waals surface area (Å²) in [6.45, 7) is 0. The van der Waals surface area contributed by atoms with Crippen molar-refractivity contribution >= 4 is 99.0 Å². The molecule has 0 aromatic rings. The van der Waals surface area contributed by atoms with Gasteiger partial charge in [0, 0.05) is 210 Å². The van der Waals surface area contributed by atoms with Crippen molar-refractivity contribution in [3.05, 3.63) is 0 Å². The van der Waals surface area contributed by atoms with Gasteiger partial charge in [0.05, 0.1) is 0 Å². The van der Waals surface area contributed by atoms with Gasteiger partial charge in [0.25, 0.3) is 0 Å². The zero-order valence-corrected chi connectivity index (χ0v) is 26.1. The maximum absolute atomic E-state index is 0. The molecule has 11 heteroatoms. The number of hydrogen-bond donors (Lipinski definition) is 0. The first-order valence-corrected chi connectivity index (χ1v) is 0. The van der Waals surface area contributed by atoms with Crippen LogP contribution in [-0.4, -0.2) is 99.0 Å². The van der Waals surface area contributed by atoms with Gasteiger partial charge in [-0.2, -0.15) is 0 Å². The molecule has 0 rings (SSSR count). The Morgan fingerprint density at radius 1 is 0.182 bits per heavy atom. The molecule has 45 valence electrons. The maximum Gasteiger partial charge on any atom is 0 e. The van der Waals surface area contributed by atoms with E-state index in [1.807, 2.05) is 0 Å². The fourth-order valence-corrected chi connectivity index (χ4v) is 0. The van der Waals surface area contributed by atoms with Crippen LogP contribution in [0, 0.1) is 0 Å². The van der Waals surface area contributed by atoms with Crippen LogP contribution in [0.3, 0.4) is 0 Å².